The third-order valence-corrected chi connectivity index (χ3v) is 3.40. The summed E-state index contributed by atoms with van der Waals surface area (Å²) in [5.41, 5.74) is 2.32. The van der Waals surface area contributed by atoms with Crippen LogP contribution in [0.15, 0.2) is 48.7 Å². The van der Waals surface area contributed by atoms with Gasteiger partial charge in [0.25, 0.3) is 5.69 Å². The number of rotatable bonds is 4. The Morgan fingerprint density at radius 2 is 2.09 bits per heavy atom. The van der Waals surface area contributed by atoms with E-state index in [0.29, 0.717) is 11.2 Å². The number of fused-ring (bicyclic) bond motifs is 1. The molecule has 0 amide bonds. The van der Waals surface area contributed by atoms with Crippen LogP contribution in [0.2, 0.25) is 0 Å². The second kappa shape index (κ2) is 5.88. The maximum atomic E-state index is 12.1. The second-order valence-electron chi connectivity index (χ2n) is 5.02. The van der Waals surface area contributed by atoms with Crippen molar-refractivity contribution in [1.29, 1.82) is 0 Å². The highest BCUT2D eigenvalue weighted by Crippen LogP contribution is 2.15. The zero-order chi connectivity index (χ0) is 16.4. The van der Waals surface area contributed by atoms with Crippen LogP contribution in [0.4, 0.5) is 5.69 Å². The quantitative estimate of drug-likeness (QED) is 0.420. The first-order valence-corrected chi connectivity index (χ1v) is 6.90. The van der Waals surface area contributed by atoms with E-state index >= 15 is 0 Å². The third-order valence-electron chi connectivity index (χ3n) is 3.40. The van der Waals surface area contributed by atoms with Gasteiger partial charge in [-0.05, 0) is 24.6 Å². The van der Waals surface area contributed by atoms with Crippen molar-refractivity contribution >= 4 is 17.3 Å². The van der Waals surface area contributed by atoms with Crippen LogP contribution in [-0.2, 0) is 11.3 Å². The van der Waals surface area contributed by atoms with Crippen molar-refractivity contribution in [3.8, 4) is 0 Å². The number of hydrogen-bond acceptors (Lipinski definition) is 5. The average Bonchev–Trinajstić information content (AvgIpc) is 2.98. The molecular weight excluding hydrogens is 298 g/mol. The number of hydrogen-bond donors (Lipinski definition) is 0. The summed E-state index contributed by atoms with van der Waals surface area (Å²) in [5, 5.41) is 10.7. The Hall–Kier alpha value is -3.22. The second-order valence-corrected chi connectivity index (χ2v) is 5.02. The number of ether oxygens (including phenoxy) is 1. The summed E-state index contributed by atoms with van der Waals surface area (Å²) in [6, 6.07) is 11.5. The molecule has 3 aromatic rings. The lowest BCUT2D eigenvalue weighted by Crippen LogP contribution is -2.05. The van der Waals surface area contributed by atoms with E-state index in [2.05, 4.69) is 4.98 Å². The Bertz CT molecular complexity index is 901. The van der Waals surface area contributed by atoms with Crippen LogP contribution in [0.25, 0.3) is 5.65 Å². The van der Waals surface area contributed by atoms with Gasteiger partial charge < -0.3 is 9.14 Å². The number of benzene rings is 1. The number of non-ortho nitro benzene ring substituents is 1. The number of aromatic nitrogens is 2. The molecule has 0 atom stereocenters. The van der Waals surface area contributed by atoms with E-state index in [1.807, 2.05) is 19.1 Å². The predicted molar refractivity (Wildman–Crippen MR) is 82.1 cm³/mol. The van der Waals surface area contributed by atoms with Gasteiger partial charge in [-0.15, -0.1) is 0 Å². The van der Waals surface area contributed by atoms with Crippen molar-refractivity contribution in [3.63, 3.8) is 0 Å². The fourth-order valence-corrected chi connectivity index (χ4v) is 2.23. The Balaban J connectivity index is 1.75. The van der Waals surface area contributed by atoms with Gasteiger partial charge >= 0.3 is 5.97 Å². The molecule has 1 aromatic carbocycles. The number of nitrogens with zero attached hydrogens (tertiary/aromatic N) is 3. The van der Waals surface area contributed by atoms with E-state index in [4.69, 9.17) is 4.74 Å². The number of carbonyl (C=O) groups excluding carboxylic acids is 1. The lowest BCUT2D eigenvalue weighted by molar-refractivity contribution is -0.384. The van der Waals surface area contributed by atoms with Gasteiger partial charge in [-0.25, -0.2) is 9.78 Å². The summed E-state index contributed by atoms with van der Waals surface area (Å²) >= 11 is 0. The molecule has 0 fully saturated rings. The van der Waals surface area contributed by atoms with Gasteiger partial charge in [-0.2, -0.15) is 0 Å². The zero-order valence-electron chi connectivity index (χ0n) is 12.3. The molecule has 0 radical (unpaired) electrons. The largest absolute Gasteiger partial charge is 0.456 e. The number of nitro groups is 1. The maximum absolute atomic E-state index is 12.1. The molecule has 0 N–H and O–H groups in total. The van der Waals surface area contributed by atoms with Crippen LogP contribution in [-0.4, -0.2) is 20.3 Å². The number of imidazole rings is 1. The van der Waals surface area contributed by atoms with Gasteiger partial charge in [0, 0.05) is 24.0 Å². The van der Waals surface area contributed by atoms with Gasteiger partial charge in [-0.1, -0.05) is 18.2 Å². The number of esters is 1. The Labute approximate surface area is 131 Å². The average molecular weight is 311 g/mol. The van der Waals surface area contributed by atoms with Crippen molar-refractivity contribution in [3.05, 3.63) is 75.7 Å². The number of pyridine rings is 1. The molecule has 0 unspecified atom stereocenters. The van der Waals surface area contributed by atoms with Crippen molar-refractivity contribution in [1.82, 2.24) is 9.38 Å². The van der Waals surface area contributed by atoms with Crippen LogP contribution < -0.4 is 0 Å². The van der Waals surface area contributed by atoms with E-state index in [1.165, 1.54) is 12.1 Å². The maximum Gasteiger partial charge on any atom is 0.358 e. The van der Waals surface area contributed by atoms with E-state index < -0.39 is 10.9 Å². The minimum absolute atomic E-state index is 0.0399. The number of carbonyl (C=O) groups is 1. The van der Waals surface area contributed by atoms with Crippen molar-refractivity contribution < 1.29 is 14.5 Å². The van der Waals surface area contributed by atoms with Crippen LogP contribution >= 0.6 is 0 Å². The molecule has 0 aliphatic carbocycles. The van der Waals surface area contributed by atoms with Gasteiger partial charge in [-0.3, -0.25) is 10.1 Å². The summed E-state index contributed by atoms with van der Waals surface area (Å²) in [6.45, 7) is 1.86. The van der Waals surface area contributed by atoms with E-state index in [1.54, 1.807) is 28.8 Å². The topological polar surface area (TPSA) is 86.7 Å². The van der Waals surface area contributed by atoms with Crippen LogP contribution in [0, 0.1) is 17.0 Å². The normalized spacial score (nSPS) is 10.7. The van der Waals surface area contributed by atoms with Gasteiger partial charge in [0.1, 0.15) is 12.3 Å². The molecule has 0 aliphatic heterocycles. The Morgan fingerprint density at radius 3 is 2.83 bits per heavy atom. The standard InChI is InChI=1S/C16H13N3O4/c1-11-4-2-7-15-17-14(9-18(11)15)16(20)23-10-12-5-3-6-13(8-12)19(21)22/h2-9H,10H2,1H3. The summed E-state index contributed by atoms with van der Waals surface area (Å²) in [4.78, 5) is 26.5. The first-order chi connectivity index (χ1) is 11.0. The summed E-state index contributed by atoms with van der Waals surface area (Å²) in [7, 11) is 0. The minimum Gasteiger partial charge on any atom is -0.456 e. The van der Waals surface area contributed by atoms with Gasteiger partial charge in [0.2, 0.25) is 0 Å². The lowest BCUT2D eigenvalue weighted by Gasteiger charge is -2.02. The monoisotopic (exact) mass is 311 g/mol. The number of aryl methyl sites for hydroxylation is 1. The lowest BCUT2D eigenvalue weighted by atomic mass is 10.2. The van der Waals surface area contributed by atoms with Gasteiger partial charge in [0.05, 0.1) is 4.92 Å². The molecule has 0 bridgehead atoms. The molecular formula is C16H13N3O4. The fraction of sp³-hybridized carbons (Fsp3) is 0.125. The van der Waals surface area contributed by atoms with Crippen molar-refractivity contribution in [2.24, 2.45) is 0 Å². The Morgan fingerprint density at radius 1 is 1.30 bits per heavy atom. The molecule has 2 aromatic heterocycles. The molecule has 7 heteroatoms. The SMILES string of the molecule is Cc1cccc2nc(C(=O)OCc3cccc([N+](=O)[O-])c3)cn12. The van der Waals surface area contributed by atoms with Gasteiger partial charge in [0.15, 0.2) is 5.69 Å². The molecule has 0 saturated heterocycles. The first-order valence-electron chi connectivity index (χ1n) is 6.90. The fourth-order valence-electron chi connectivity index (χ4n) is 2.23. The predicted octanol–water partition coefficient (Wildman–Crippen LogP) is 2.91. The van der Waals surface area contributed by atoms with E-state index in [0.717, 1.165) is 5.69 Å². The molecule has 116 valence electrons. The molecule has 0 spiro atoms. The minimum atomic E-state index is -0.570. The van der Waals surface area contributed by atoms with Crippen molar-refractivity contribution in [2.45, 2.75) is 13.5 Å². The van der Waals surface area contributed by atoms with Crippen LogP contribution in [0.3, 0.4) is 0 Å². The summed E-state index contributed by atoms with van der Waals surface area (Å²) < 4.78 is 6.98. The highest BCUT2D eigenvalue weighted by molar-refractivity contribution is 5.88. The molecule has 3 rings (SSSR count). The smallest absolute Gasteiger partial charge is 0.358 e. The van der Waals surface area contributed by atoms with E-state index in [9.17, 15) is 14.9 Å². The van der Waals surface area contributed by atoms with Crippen LogP contribution in [0.1, 0.15) is 21.7 Å². The highest BCUT2D eigenvalue weighted by Gasteiger charge is 2.14. The first kappa shape index (κ1) is 14.7. The molecule has 0 aliphatic rings. The van der Waals surface area contributed by atoms with Crippen molar-refractivity contribution in [2.75, 3.05) is 0 Å². The number of nitro benzene ring substituents is 1. The van der Waals surface area contributed by atoms with Crippen LogP contribution in [0.5, 0.6) is 0 Å². The molecule has 2 heterocycles. The summed E-state index contributed by atoms with van der Waals surface area (Å²) in [5.74, 6) is -0.570. The molecule has 7 nitrogen and oxygen atoms in total. The zero-order valence-corrected chi connectivity index (χ0v) is 12.3. The summed E-state index contributed by atoms with van der Waals surface area (Å²) in [6.07, 6.45) is 1.61. The third kappa shape index (κ3) is 3.03. The molecule has 23 heavy (non-hydrogen) atoms. The molecule has 0 saturated carbocycles. The highest BCUT2D eigenvalue weighted by atomic mass is 16.6. The Kier molecular flexibility index (Phi) is 3.76. The van der Waals surface area contributed by atoms with E-state index in [-0.39, 0.29) is 18.0 Å².